The molecule has 130 valence electrons. The molecule has 0 radical (unpaired) electrons. The molecule has 0 aliphatic heterocycles. The van der Waals surface area contributed by atoms with E-state index in [4.69, 9.17) is 0 Å². The lowest BCUT2D eigenvalue weighted by atomic mass is 10.2. The Morgan fingerprint density at radius 2 is 2.04 bits per heavy atom. The number of hydrogen-bond donors (Lipinski definition) is 1. The maximum Gasteiger partial charge on any atom is 0.354 e. The monoisotopic (exact) mass is 341 g/mol. The summed E-state index contributed by atoms with van der Waals surface area (Å²) in [6.45, 7) is 2.80. The Hall–Kier alpha value is -2.76. The summed E-state index contributed by atoms with van der Waals surface area (Å²) in [4.78, 5) is 19.7. The molecule has 1 N–H and O–H groups in total. The van der Waals surface area contributed by atoms with Gasteiger partial charge in [0.05, 0.1) is 17.3 Å². The van der Waals surface area contributed by atoms with Crippen molar-refractivity contribution in [2.75, 3.05) is 0 Å². The molecular formula is C19H20FN3O2. The lowest BCUT2D eigenvalue weighted by Crippen LogP contribution is -2.04. The Kier molecular flexibility index (Phi) is 5.07. The summed E-state index contributed by atoms with van der Waals surface area (Å²) in [7, 11) is 0. The van der Waals surface area contributed by atoms with Crippen molar-refractivity contribution in [1.82, 2.24) is 14.5 Å². The third kappa shape index (κ3) is 3.52. The smallest absolute Gasteiger partial charge is 0.354 e. The predicted octanol–water partition coefficient (Wildman–Crippen LogP) is 4.52. The first-order valence-electron chi connectivity index (χ1n) is 8.46. The minimum atomic E-state index is -1.09. The molecule has 0 aliphatic rings. The van der Waals surface area contributed by atoms with E-state index in [1.165, 1.54) is 18.3 Å². The molecule has 0 saturated heterocycles. The zero-order valence-corrected chi connectivity index (χ0v) is 14.1. The highest BCUT2D eigenvalue weighted by Crippen LogP contribution is 2.27. The first-order chi connectivity index (χ1) is 12.1. The Morgan fingerprint density at radius 1 is 1.24 bits per heavy atom. The number of fused-ring (bicyclic) bond motifs is 1. The number of carboxylic acid groups (broad SMARTS) is 1. The van der Waals surface area contributed by atoms with Crippen LogP contribution in [0.15, 0.2) is 36.5 Å². The second kappa shape index (κ2) is 7.42. The lowest BCUT2D eigenvalue weighted by Gasteiger charge is -2.10. The highest BCUT2D eigenvalue weighted by molar-refractivity contribution is 5.90. The van der Waals surface area contributed by atoms with Gasteiger partial charge in [-0.3, -0.25) is 0 Å². The Labute approximate surface area is 145 Å². The Balaban J connectivity index is 2.11. The van der Waals surface area contributed by atoms with Gasteiger partial charge in [0.15, 0.2) is 0 Å². The van der Waals surface area contributed by atoms with Crippen LogP contribution in [0, 0.1) is 5.82 Å². The molecule has 0 unspecified atom stereocenters. The minimum Gasteiger partial charge on any atom is -0.477 e. The molecule has 0 saturated carbocycles. The number of aromatic nitrogens is 3. The van der Waals surface area contributed by atoms with Crippen molar-refractivity contribution >= 4 is 17.0 Å². The lowest BCUT2D eigenvalue weighted by molar-refractivity contribution is 0.0690. The topological polar surface area (TPSA) is 68.0 Å². The number of carbonyl (C=O) groups is 1. The summed E-state index contributed by atoms with van der Waals surface area (Å²) >= 11 is 0. The molecule has 0 spiro atoms. The van der Waals surface area contributed by atoms with Gasteiger partial charge >= 0.3 is 5.97 Å². The molecule has 1 aromatic carbocycles. The summed E-state index contributed by atoms with van der Waals surface area (Å²) in [5.41, 5.74) is 1.61. The number of carboxylic acids is 1. The maximum absolute atomic E-state index is 14.3. The van der Waals surface area contributed by atoms with E-state index < -0.39 is 5.97 Å². The molecule has 0 bridgehead atoms. The molecule has 0 fully saturated rings. The van der Waals surface area contributed by atoms with Crippen LogP contribution in [0.2, 0.25) is 0 Å². The zero-order chi connectivity index (χ0) is 17.8. The van der Waals surface area contributed by atoms with Crippen LogP contribution < -0.4 is 0 Å². The summed E-state index contributed by atoms with van der Waals surface area (Å²) < 4.78 is 16.2. The van der Waals surface area contributed by atoms with Crippen LogP contribution in [0.1, 0.15) is 43.1 Å². The molecule has 2 heterocycles. The Bertz CT molecular complexity index is 905. The van der Waals surface area contributed by atoms with Gasteiger partial charge in [0.2, 0.25) is 0 Å². The maximum atomic E-state index is 14.3. The summed E-state index contributed by atoms with van der Waals surface area (Å²) in [6.07, 6.45) is 5.67. The average molecular weight is 341 g/mol. The molecular weight excluding hydrogens is 321 g/mol. The van der Waals surface area contributed by atoms with Crippen LogP contribution in [0.5, 0.6) is 0 Å². The fraction of sp³-hybridized carbons (Fsp3) is 0.316. The summed E-state index contributed by atoms with van der Waals surface area (Å²) in [5, 5.41) is 9.20. The van der Waals surface area contributed by atoms with Crippen molar-refractivity contribution in [3.63, 3.8) is 0 Å². The number of halogens is 1. The highest BCUT2D eigenvalue weighted by Gasteiger charge is 2.17. The quantitative estimate of drug-likeness (QED) is 0.642. The fourth-order valence-electron chi connectivity index (χ4n) is 2.92. The van der Waals surface area contributed by atoms with Gasteiger partial charge in [0.25, 0.3) is 0 Å². The van der Waals surface area contributed by atoms with Gasteiger partial charge in [-0.15, -0.1) is 0 Å². The van der Waals surface area contributed by atoms with Gasteiger partial charge in [-0.1, -0.05) is 38.3 Å². The van der Waals surface area contributed by atoms with Crippen molar-refractivity contribution in [3.05, 3.63) is 48.0 Å². The van der Waals surface area contributed by atoms with E-state index in [2.05, 4.69) is 16.9 Å². The second-order valence-corrected chi connectivity index (χ2v) is 5.99. The second-order valence-electron chi connectivity index (χ2n) is 5.99. The van der Waals surface area contributed by atoms with Gasteiger partial charge in [-0.25, -0.2) is 19.2 Å². The van der Waals surface area contributed by atoms with E-state index in [1.54, 1.807) is 18.2 Å². The molecule has 2 aromatic heterocycles. The third-order valence-corrected chi connectivity index (χ3v) is 4.20. The number of aryl methyl sites for hydroxylation is 1. The van der Waals surface area contributed by atoms with Crippen molar-refractivity contribution in [1.29, 1.82) is 0 Å². The van der Waals surface area contributed by atoms with E-state index in [0.29, 0.717) is 29.0 Å². The normalized spacial score (nSPS) is 11.1. The third-order valence-electron chi connectivity index (χ3n) is 4.20. The standard InChI is InChI=1S/C19H20FN3O2/c1-2-3-4-7-10-23-17-11-15(19(24)25)21-12-16(17)22-18(23)13-8-5-6-9-14(13)20/h5-6,8-9,11-12H,2-4,7,10H2,1H3,(H,24,25). The van der Waals surface area contributed by atoms with Gasteiger partial charge in [-0.05, 0) is 24.6 Å². The average Bonchev–Trinajstić information content (AvgIpc) is 2.96. The number of unbranched alkanes of at least 4 members (excludes halogenated alkanes) is 3. The van der Waals surface area contributed by atoms with Crippen molar-refractivity contribution < 1.29 is 14.3 Å². The van der Waals surface area contributed by atoms with Crippen LogP contribution in [0.4, 0.5) is 4.39 Å². The first-order valence-corrected chi connectivity index (χ1v) is 8.46. The van der Waals surface area contributed by atoms with Crippen LogP contribution >= 0.6 is 0 Å². The molecule has 5 nitrogen and oxygen atoms in total. The van der Waals surface area contributed by atoms with E-state index in [1.807, 2.05) is 4.57 Å². The molecule has 0 aliphatic carbocycles. The Morgan fingerprint density at radius 3 is 2.76 bits per heavy atom. The molecule has 0 amide bonds. The van der Waals surface area contributed by atoms with Crippen LogP contribution in [-0.4, -0.2) is 25.6 Å². The molecule has 25 heavy (non-hydrogen) atoms. The van der Waals surface area contributed by atoms with Gasteiger partial charge in [0, 0.05) is 6.54 Å². The largest absolute Gasteiger partial charge is 0.477 e. The van der Waals surface area contributed by atoms with E-state index in [0.717, 1.165) is 25.7 Å². The zero-order valence-electron chi connectivity index (χ0n) is 14.1. The van der Waals surface area contributed by atoms with Gasteiger partial charge < -0.3 is 9.67 Å². The molecule has 6 heteroatoms. The SMILES string of the molecule is CCCCCCn1c(-c2ccccc2F)nc2cnc(C(=O)O)cc21. The highest BCUT2D eigenvalue weighted by atomic mass is 19.1. The number of hydrogen-bond acceptors (Lipinski definition) is 3. The number of nitrogens with zero attached hydrogens (tertiary/aromatic N) is 3. The fourth-order valence-corrected chi connectivity index (χ4v) is 2.92. The predicted molar refractivity (Wildman–Crippen MR) is 94.0 cm³/mol. The van der Waals surface area contributed by atoms with Crippen molar-refractivity contribution in [2.24, 2.45) is 0 Å². The number of rotatable bonds is 7. The van der Waals surface area contributed by atoms with Gasteiger partial charge in [-0.2, -0.15) is 0 Å². The van der Waals surface area contributed by atoms with Crippen LogP contribution in [0.25, 0.3) is 22.4 Å². The number of benzene rings is 1. The van der Waals surface area contributed by atoms with E-state index >= 15 is 0 Å². The van der Waals surface area contributed by atoms with E-state index in [-0.39, 0.29) is 11.5 Å². The van der Waals surface area contributed by atoms with Crippen LogP contribution in [0.3, 0.4) is 0 Å². The first kappa shape index (κ1) is 17.1. The summed E-state index contributed by atoms with van der Waals surface area (Å²) in [5.74, 6) is -0.930. The molecule has 3 aromatic rings. The molecule has 3 rings (SSSR count). The van der Waals surface area contributed by atoms with Gasteiger partial charge in [0.1, 0.15) is 22.9 Å². The molecule has 0 atom stereocenters. The van der Waals surface area contributed by atoms with Crippen molar-refractivity contribution in [2.45, 2.75) is 39.2 Å². The van der Waals surface area contributed by atoms with E-state index in [9.17, 15) is 14.3 Å². The summed E-state index contributed by atoms with van der Waals surface area (Å²) in [6, 6.07) is 7.99. The van der Waals surface area contributed by atoms with Crippen molar-refractivity contribution in [3.8, 4) is 11.4 Å². The number of pyridine rings is 1. The van der Waals surface area contributed by atoms with Crippen LogP contribution in [-0.2, 0) is 6.54 Å². The minimum absolute atomic E-state index is 0.0395. The number of imidazole rings is 1. The number of aromatic carboxylic acids is 1.